The highest BCUT2D eigenvalue weighted by Gasteiger charge is 2.16. The van der Waals surface area contributed by atoms with E-state index in [0.29, 0.717) is 5.88 Å². The van der Waals surface area contributed by atoms with E-state index >= 15 is 0 Å². The molecular formula is C9H16ClNOSi. The zero-order valence-electron chi connectivity index (χ0n) is 8.60. The highest BCUT2D eigenvalue weighted by atomic mass is 35.5. The molecule has 0 aromatic heterocycles. The Kier molecular flexibility index (Phi) is 5.02. The molecule has 4 heteroatoms. The summed E-state index contributed by atoms with van der Waals surface area (Å²) in [6.45, 7) is 11.8. The van der Waals surface area contributed by atoms with Gasteiger partial charge in [0.1, 0.15) is 0 Å². The molecule has 0 saturated heterocycles. The largest absolute Gasteiger partial charge is 0.531 e. The minimum absolute atomic E-state index is 0.462. The van der Waals surface area contributed by atoms with Crippen molar-refractivity contribution < 1.29 is 4.43 Å². The third kappa shape index (κ3) is 7.81. The molecule has 0 aliphatic heterocycles. The molecular weight excluding hydrogens is 202 g/mol. The van der Waals surface area contributed by atoms with Gasteiger partial charge in [0.2, 0.25) is 14.2 Å². The van der Waals surface area contributed by atoms with Crippen molar-refractivity contribution in [3.05, 3.63) is 23.6 Å². The Bertz CT molecular complexity index is 240. The van der Waals surface area contributed by atoms with E-state index in [0.717, 1.165) is 5.57 Å². The molecule has 13 heavy (non-hydrogen) atoms. The molecule has 0 amide bonds. The molecule has 0 aromatic rings. The number of hydrogen-bond donors (Lipinski definition) is 0. The number of hydrogen-bond acceptors (Lipinski definition) is 2. The van der Waals surface area contributed by atoms with E-state index in [1.54, 1.807) is 6.21 Å². The van der Waals surface area contributed by atoms with Gasteiger partial charge in [-0.3, -0.25) is 0 Å². The van der Waals surface area contributed by atoms with E-state index in [1.165, 1.54) is 5.54 Å². The first-order chi connectivity index (χ1) is 5.85. The fraction of sp³-hybridized carbons (Fsp3) is 0.444. The Labute approximate surface area is 86.1 Å². The minimum atomic E-state index is -1.61. The maximum absolute atomic E-state index is 5.57. The van der Waals surface area contributed by atoms with Crippen LogP contribution >= 0.6 is 11.6 Å². The van der Waals surface area contributed by atoms with Crippen LogP contribution in [0.25, 0.3) is 0 Å². The zero-order chi connectivity index (χ0) is 10.5. The number of halogens is 1. The van der Waals surface area contributed by atoms with Gasteiger partial charge in [0.25, 0.3) is 0 Å². The Morgan fingerprint density at radius 1 is 1.46 bits per heavy atom. The average molecular weight is 218 g/mol. The van der Waals surface area contributed by atoms with E-state index in [1.807, 2.05) is 6.92 Å². The summed E-state index contributed by atoms with van der Waals surface area (Å²) in [5, 5.41) is 0. The Morgan fingerprint density at radius 2 is 2.00 bits per heavy atom. The normalized spacial score (nSPS) is 13.5. The maximum Gasteiger partial charge on any atom is 0.244 e. The number of rotatable bonds is 4. The second-order valence-corrected chi connectivity index (χ2v) is 8.41. The van der Waals surface area contributed by atoms with Crippen LogP contribution in [0.4, 0.5) is 0 Å². The van der Waals surface area contributed by atoms with E-state index in [2.05, 4.69) is 31.2 Å². The average Bonchev–Trinajstić information content (AvgIpc) is 1.95. The Balaban J connectivity index is 4.31. The highest BCUT2D eigenvalue weighted by molar-refractivity contribution is 6.70. The van der Waals surface area contributed by atoms with Gasteiger partial charge in [-0.15, -0.1) is 0 Å². The third-order valence-electron chi connectivity index (χ3n) is 0.916. The molecule has 2 nitrogen and oxygen atoms in total. The van der Waals surface area contributed by atoms with E-state index in [-0.39, 0.29) is 0 Å². The minimum Gasteiger partial charge on any atom is -0.531 e. The van der Waals surface area contributed by atoms with Crippen molar-refractivity contribution in [1.29, 1.82) is 0 Å². The van der Waals surface area contributed by atoms with E-state index < -0.39 is 8.32 Å². The standard InChI is InChI=1S/C9H16ClNOSi/c1-8(2)7-11-9(6-10)12-13(3,4)5/h6-7H,1H2,2-5H3/b9-6-,11-7+. The molecule has 0 aliphatic carbocycles. The van der Waals surface area contributed by atoms with Gasteiger partial charge >= 0.3 is 0 Å². The maximum atomic E-state index is 5.57. The molecule has 0 fully saturated rings. The molecule has 0 aromatic carbocycles. The van der Waals surface area contributed by atoms with Crippen LogP contribution in [-0.4, -0.2) is 14.5 Å². The second-order valence-electron chi connectivity index (χ2n) is 3.77. The van der Waals surface area contributed by atoms with Gasteiger partial charge in [0.05, 0.1) is 5.54 Å². The molecule has 0 aliphatic rings. The van der Waals surface area contributed by atoms with Crippen molar-refractivity contribution in [3.8, 4) is 0 Å². The van der Waals surface area contributed by atoms with Crippen LogP contribution in [0.2, 0.25) is 19.6 Å². The topological polar surface area (TPSA) is 21.6 Å². The van der Waals surface area contributed by atoms with Crippen molar-refractivity contribution in [2.24, 2.45) is 4.99 Å². The molecule has 0 heterocycles. The summed E-state index contributed by atoms with van der Waals surface area (Å²) in [7, 11) is -1.61. The lowest BCUT2D eigenvalue weighted by Gasteiger charge is -2.18. The van der Waals surface area contributed by atoms with Gasteiger partial charge in [-0.1, -0.05) is 18.2 Å². The van der Waals surface area contributed by atoms with Crippen LogP contribution in [0.1, 0.15) is 6.92 Å². The predicted molar refractivity (Wildman–Crippen MR) is 61.7 cm³/mol. The lowest BCUT2D eigenvalue weighted by Crippen LogP contribution is -2.24. The molecule has 0 bridgehead atoms. The van der Waals surface area contributed by atoms with Gasteiger partial charge in [0, 0.05) is 6.21 Å². The Morgan fingerprint density at radius 3 is 2.31 bits per heavy atom. The predicted octanol–water partition coefficient (Wildman–Crippen LogP) is 3.52. The molecule has 0 radical (unpaired) electrons. The van der Waals surface area contributed by atoms with Crippen LogP contribution in [0.3, 0.4) is 0 Å². The molecule has 0 spiro atoms. The third-order valence-corrected chi connectivity index (χ3v) is 1.92. The van der Waals surface area contributed by atoms with Crippen molar-refractivity contribution in [1.82, 2.24) is 0 Å². The van der Waals surface area contributed by atoms with Crippen LogP contribution < -0.4 is 0 Å². The van der Waals surface area contributed by atoms with Gasteiger partial charge in [0.15, 0.2) is 0 Å². The molecule has 0 atom stereocenters. The van der Waals surface area contributed by atoms with Crippen molar-refractivity contribution in [2.75, 3.05) is 0 Å². The number of nitrogens with zero attached hydrogens (tertiary/aromatic N) is 1. The van der Waals surface area contributed by atoms with Gasteiger partial charge in [-0.05, 0) is 32.1 Å². The fourth-order valence-corrected chi connectivity index (χ4v) is 1.48. The summed E-state index contributed by atoms with van der Waals surface area (Å²) in [6.07, 6.45) is 1.63. The lowest BCUT2D eigenvalue weighted by molar-refractivity contribution is 0.419. The van der Waals surface area contributed by atoms with E-state index in [9.17, 15) is 0 Å². The summed E-state index contributed by atoms with van der Waals surface area (Å²) < 4.78 is 5.57. The summed E-state index contributed by atoms with van der Waals surface area (Å²) in [4.78, 5) is 4.04. The zero-order valence-corrected chi connectivity index (χ0v) is 10.4. The number of allylic oxidation sites excluding steroid dienone is 1. The lowest BCUT2D eigenvalue weighted by atomic mass is 10.4. The number of aliphatic imine (C=N–C) groups is 1. The summed E-state index contributed by atoms with van der Waals surface area (Å²) in [5.41, 5.74) is 2.22. The van der Waals surface area contributed by atoms with Crippen LogP contribution in [0, 0.1) is 0 Å². The fourth-order valence-electron chi connectivity index (χ4n) is 0.564. The second kappa shape index (κ2) is 5.24. The smallest absolute Gasteiger partial charge is 0.244 e. The quantitative estimate of drug-likeness (QED) is 0.401. The monoisotopic (exact) mass is 217 g/mol. The van der Waals surface area contributed by atoms with E-state index in [4.69, 9.17) is 16.0 Å². The molecule has 0 N–H and O–H groups in total. The van der Waals surface area contributed by atoms with Crippen LogP contribution in [-0.2, 0) is 4.43 Å². The summed E-state index contributed by atoms with van der Waals surface area (Å²) in [6, 6.07) is 0. The summed E-state index contributed by atoms with van der Waals surface area (Å²) in [5.74, 6) is 0.462. The first kappa shape index (κ1) is 12.5. The molecule has 0 saturated carbocycles. The molecule has 0 rings (SSSR count). The van der Waals surface area contributed by atoms with Gasteiger partial charge < -0.3 is 4.43 Å². The van der Waals surface area contributed by atoms with Crippen molar-refractivity contribution in [3.63, 3.8) is 0 Å². The SMILES string of the molecule is C=C(C)/C=N/C(=C/Cl)O[Si](C)(C)C. The first-order valence-corrected chi connectivity index (χ1v) is 7.88. The first-order valence-electron chi connectivity index (χ1n) is 4.04. The molecule has 0 unspecified atom stereocenters. The highest BCUT2D eigenvalue weighted by Crippen LogP contribution is 2.12. The molecule has 74 valence electrons. The van der Waals surface area contributed by atoms with Crippen molar-refractivity contribution in [2.45, 2.75) is 26.6 Å². The van der Waals surface area contributed by atoms with Gasteiger partial charge in [-0.25, -0.2) is 4.99 Å². The van der Waals surface area contributed by atoms with Gasteiger partial charge in [-0.2, -0.15) is 0 Å². The van der Waals surface area contributed by atoms with Crippen molar-refractivity contribution >= 4 is 26.1 Å². The Hall–Kier alpha value is -0.543. The van der Waals surface area contributed by atoms with Crippen LogP contribution in [0.15, 0.2) is 28.6 Å². The van der Waals surface area contributed by atoms with Crippen LogP contribution in [0.5, 0.6) is 0 Å². The summed E-state index contributed by atoms with van der Waals surface area (Å²) >= 11 is 5.55.